The molecule has 0 aliphatic heterocycles. The Morgan fingerprint density at radius 2 is 2.05 bits per heavy atom. The van der Waals surface area contributed by atoms with Crippen molar-refractivity contribution >= 4 is 27.5 Å². The molecule has 6 heteroatoms. The molecule has 4 rings (SSSR count). The molecular weight excluding hydrogens is 280 g/mol. The molecule has 0 radical (unpaired) electrons. The highest BCUT2D eigenvalue weighted by Gasteiger charge is 2.13. The van der Waals surface area contributed by atoms with Gasteiger partial charge in [-0.05, 0) is 17.7 Å². The lowest BCUT2D eigenvalue weighted by Gasteiger charge is -2.07. The fraction of sp³-hybridized carbons (Fsp3) is 0. The second-order valence-electron chi connectivity index (χ2n) is 4.95. The molecule has 0 saturated carbocycles. The number of H-pyrrole nitrogens is 1. The van der Waals surface area contributed by atoms with Crippen LogP contribution in [-0.4, -0.2) is 19.9 Å². The molecule has 0 saturated heterocycles. The first-order chi connectivity index (χ1) is 10.7. The van der Waals surface area contributed by atoms with E-state index in [-0.39, 0.29) is 5.69 Å². The topological polar surface area (TPSA) is 84.7 Å². The van der Waals surface area contributed by atoms with E-state index in [0.717, 1.165) is 32.9 Å². The lowest BCUT2D eigenvalue weighted by Crippen LogP contribution is -1.90. The number of nitro groups is 1. The van der Waals surface area contributed by atoms with Gasteiger partial charge in [0, 0.05) is 46.4 Å². The van der Waals surface area contributed by atoms with E-state index in [9.17, 15) is 10.1 Å². The second-order valence-corrected chi connectivity index (χ2v) is 4.95. The predicted octanol–water partition coefficient (Wildman–Crippen LogP) is 3.69. The molecular formula is C16H10N4O2. The van der Waals surface area contributed by atoms with Gasteiger partial charge in [-0.1, -0.05) is 12.1 Å². The van der Waals surface area contributed by atoms with Crippen LogP contribution in [0.5, 0.6) is 0 Å². The molecule has 0 fully saturated rings. The minimum absolute atomic E-state index is 0.0658. The maximum Gasteiger partial charge on any atom is 0.270 e. The molecule has 0 amide bonds. The molecule has 0 spiro atoms. The van der Waals surface area contributed by atoms with Gasteiger partial charge in [0.25, 0.3) is 5.69 Å². The number of nitrogens with one attached hydrogen (secondary N) is 1. The second kappa shape index (κ2) is 4.63. The zero-order valence-electron chi connectivity index (χ0n) is 11.4. The van der Waals surface area contributed by atoms with E-state index < -0.39 is 4.92 Å². The van der Waals surface area contributed by atoms with Crippen LogP contribution in [0.2, 0.25) is 0 Å². The highest BCUT2D eigenvalue weighted by molar-refractivity contribution is 6.11. The van der Waals surface area contributed by atoms with Crippen LogP contribution >= 0.6 is 0 Å². The number of nitro benzene ring substituents is 1. The van der Waals surface area contributed by atoms with Crippen LogP contribution in [0.25, 0.3) is 32.9 Å². The van der Waals surface area contributed by atoms with E-state index in [0.29, 0.717) is 0 Å². The van der Waals surface area contributed by atoms with Crippen molar-refractivity contribution in [3.63, 3.8) is 0 Å². The molecule has 22 heavy (non-hydrogen) atoms. The molecule has 2 aromatic carbocycles. The van der Waals surface area contributed by atoms with E-state index in [1.807, 2.05) is 18.2 Å². The Kier molecular flexibility index (Phi) is 2.62. The molecule has 0 atom stereocenters. The quantitative estimate of drug-likeness (QED) is 0.450. The standard InChI is InChI=1S/C16H10N4O2/c21-20(22)11-3-1-2-10(6-11)13-7-15-14(8-17-9-19-15)12-4-5-18-16(12)13/h1-9H,(H,17,19). The molecule has 0 bridgehead atoms. The van der Waals surface area contributed by atoms with Crippen LogP contribution in [0.15, 0.2) is 55.1 Å². The largest absolute Gasteiger partial charge is 0.346 e. The van der Waals surface area contributed by atoms with Gasteiger partial charge in [0.2, 0.25) is 0 Å². The SMILES string of the molecule is O=[N+]([O-])c1cccc(-c2cc3[nH]cncc3c3ccnc23)c1. The number of hydrogen-bond donors (Lipinski definition) is 1. The minimum atomic E-state index is -0.393. The van der Waals surface area contributed by atoms with Crippen LogP contribution in [0.1, 0.15) is 0 Å². The van der Waals surface area contributed by atoms with Gasteiger partial charge in [-0.2, -0.15) is 0 Å². The Morgan fingerprint density at radius 3 is 2.91 bits per heavy atom. The smallest absolute Gasteiger partial charge is 0.270 e. The van der Waals surface area contributed by atoms with Crippen LogP contribution < -0.4 is 0 Å². The van der Waals surface area contributed by atoms with E-state index in [2.05, 4.69) is 15.0 Å². The minimum Gasteiger partial charge on any atom is -0.346 e. The van der Waals surface area contributed by atoms with Crippen molar-refractivity contribution in [3.05, 3.63) is 65.2 Å². The Hall–Kier alpha value is -3.28. The van der Waals surface area contributed by atoms with Crippen LogP contribution in [-0.2, 0) is 0 Å². The Bertz CT molecular complexity index is 1020. The molecule has 4 aromatic rings. The zero-order chi connectivity index (χ0) is 15.1. The molecule has 0 aliphatic carbocycles. The average molecular weight is 290 g/mol. The molecule has 2 aromatic heterocycles. The van der Waals surface area contributed by atoms with E-state index in [1.165, 1.54) is 6.07 Å². The van der Waals surface area contributed by atoms with Gasteiger partial charge < -0.3 is 4.98 Å². The summed E-state index contributed by atoms with van der Waals surface area (Å²) in [6.07, 6.45) is 5.13. The summed E-state index contributed by atoms with van der Waals surface area (Å²) >= 11 is 0. The van der Waals surface area contributed by atoms with Crippen molar-refractivity contribution in [2.75, 3.05) is 0 Å². The first-order valence-electron chi connectivity index (χ1n) is 6.69. The van der Waals surface area contributed by atoms with Gasteiger partial charge >= 0.3 is 0 Å². The third kappa shape index (κ3) is 1.81. The van der Waals surface area contributed by atoms with Crippen molar-refractivity contribution in [3.8, 4) is 11.1 Å². The average Bonchev–Trinajstić information content (AvgIpc) is 3.04. The van der Waals surface area contributed by atoms with Crippen LogP contribution in [0, 0.1) is 10.1 Å². The van der Waals surface area contributed by atoms with Crippen molar-refractivity contribution in [2.45, 2.75) is 0 Å². The summed E-state index contributed by atoms with van der Waals surface area (Å²) in [6.45, 7) is 0. The lowest BCUT2D eigenvalue weighted by molar-refractivity contribution is -0.384. The summed E-state index contributed by atoms with van der Waals surface area (Å²) in [5, 5.41) is 12.9. The number of hydrogen-bond acceptors (Lipinski definition) is 4. The van der Waals surface area contributed by atoms with Gasteiger partial charge in [-0.15, -0.1) is 0 Å². The molecule has 6 nitrogen and oxygen atoms in total. The van der Waals surface area contributed by atoms with Crippen molar-refractivity contribution in [1.29, 1.82) is 0 Å². The monoisotopic (exact) mass is 290 g/mol. The summed E-state index contributed by atoms with van der Waals surface area (Å²) in [4.78, 5) is 22.2. The number of benzene rings is 2. The number of aromatic amines is 1. The Balaban J connectivity index is 2.07. The number of non-ortho nitro benzene ring substituents is 1. The van der Waals surface area contributed by atoms with Crippen LogP contribution in [0.3, 0.4) is 0 Å². The molecule has 0 aliphatic rings. The predicted molar refractivity (Wildman–Crippen MR) is 83.5 cm³/mol. The summed E-state index contributed by atoms with van der Waals surface area (Å²) in [7, 11) is 0. The van der Waals surface area contributed by atoms with Gasteiger partial charge in [0.1, 0.15) is 0 Å². The van der Waals surface area contributed by atoms with Crippen molar-refractivity contribution in [1.82, 2.24) is 15.0 Å². The van der Waals surface area contributed by atoms with Gasteiger partial charge in [0.15, 0.2) is 0 Å². The fourth-order valence-electron chi connectivity index (χ4n) is 2.69. The number of rotatable bonds is 2. The van der Waals surface area contributed by atoms with Gasteiger partial charge in [0.05, 0.1) is 16.8 Å². The molecule has 1 N–H and O–H groups in total. The Morgan fingerprint density at radius 1 is 1.14 bits per heavy atom. The summed E-state index contributed by atoms with van der Waals surface area (Å²) < 4.78 is 0. The number of nitrogens with zero attached hydrogens (tertiary/aromatic N) is 3. The summed E-state index contributed by atoms with van der Waals surface area (Å²) in [5.41, 5.74) is 3.42. The normalized spacial score (nSPS) is 11.1. The molecule has 2 heterocycles. The van der Waals surface area contributed by atoms with Gasteiger partial charge in [-0.25, -0.2) is 4.98 Å². The number of aromatic nitrogens is 3. The third-order valence-electron chi connectivity index (χ3n) is 3.69. The number of fused-ring (bicyclic) bond motifs is 3. The van der Waals surface area contributed by atoms with Crippen LogP contribution in [0.4, 0.5) is 5.69 Å². The first-order valence-corrected chi connectivity index (χ1v) is 6.69. The summed E-state index contributed by atoms with van der Waals surface area (Å²) in [5.74, 6) is 0. The Labute approximate surface area is 124 Å². The van der Waals surface area contributed by atoms with E-state index in [4.69, 9.17) is 0 Å². The zero-order valence-corrected chi connectivity index (χ0v) is 11.4. The lowest BCUT2D eigenvalue weighted by atomic mass is 10.00. The maximum absolute atomic E-state index is 11.0. The molecule has 0 unspecified atom stereocenters. The highest BCUT2D eigenvalue weighted by atomic mass is 16.6. The summed E-state index contributed by atoms with van der Waals surface area (Å²) in [6, 6.07) is 10.5. The first kappa shape index (κ1) is 12.5. The van der Waals surface area contributed by atoms with E-state index in [1.54, 1.807) is 30.9 Å². The van der Waals surface area contributed by atoms with Gasteiger partial charge in [-0.3, -0.25) is 15.1 Å². The third-order valence-corrected chi connectivity index (χ3v) is 3.69. The fourth-order valence-corrected chi connectivity index (χ4v) is 2.69. The van der Waals surface area contributed by atoms with E-state index >= 15 is 0 Å². The molecule has 106 valence electrons. The maximum atomic E-state index is 11.0. The van der Waals surface area contributed by atoms with Crippen molar-refractivity contribution < 1.29 is 4.92 Å². The highest BCUT2D eigenvalue weighted by Crippen LogP contribution is 2.34. The van der Waals surface area contributed by atoms with Crippen molar-refractivity contribution in [2.24, 2.45) is 0 Å².